The van der Waals surface area contributed by atoms with Gasteiger partial charge in [-0.25, -0.2) is 0 Å². The highest BCUT2D eigenvalue weighted by Gasteiger charge is 2.23. The van der Waals surface area contributed by atoms with Crippen LogP contribution in [0.5, 0.6) is 5.75 Å². The molecule has 4 rings (SSSR count). The Morgan fingerprint density at radius 3 is 2.87 bits per heavy atom. The molecule has 1 aliphatic rings. The van der Waals surface area contributed by atoms with Gasteiger partial charge in [0.05, 0.1) is 0 Å². The Balaban J connectivity index is 1.84. The fourth-order valence-electron chi connectivity index (χ4n) is 3.46. The number of hydrogen-bond donors (Lipinski definition) is 1. The Labute approximate surface area is 187 Å². The van der Waals surface area contributed by atoms with Gasteiger partial charge in [0.25, 0.3) is 5.56 Å². The zero-order valence-corrected chi connectivity index (χ0v) is 19.0. The third-order valence-corrected chi connectivity index (χ3v) is 6.48. The second kappa shape index (κ2) is 9.48. The largest absolute Gasteiger partial charge is 0.457 e. The van der Waals surface area contributed by atoms with Crippen molar-refractivity contribution in [1.82, 2.24) is 9.55 Å². The first kappa shape index (κ1) is 21.3. The molecule has 3 aromatic rings. The lowest BCUT2D eigenvalue weighted by atomic mass is 10.0. The van der Waals surface area contributed by atoms with Crippen LogP contribution in [0.15, 0.2) is 82.5 Å². The van der Waals surface area contributed by atoms with E-state index >= 15 is 0 Å². The van der Waals surface area contributed by atoms with E-state index in [0.717, 1.165) is 34.4 Å². The molecule has 1 aliphatic carbocycles. The lowest BCUT2D eigenvalue weighted by Crippen LogP contribution is -2.16. The molecule has 1 N–H and O–H groups in total. The van der Waals surface area contributed by atoms with Crippen LogP contribution in [0.1, 0.15) is 33.1 Å². The summed E-state index contributed by atoms with van der Waals surface area (Å²) < 4.78 is 8.00. The fourth-order valence-corrected chi connectivity index (χ4v) is 4.55. The highest BCUT2D eigenvalue weighted by atomic mass is 32.2. The average molecular weight is 433 g/mol. The second-order valence-electron chi connectivity index (χ2n) is 7.71. The third kappa shape index (κ3) is 4.88. The minimum Gasteiger partial charge on any atom is -0.457 e. The molecule has 0 unspecified atom stereocenters. The number of aryl methyl sites for hydroxylation is 1. The first-order valence-electron chi connectivity index (χ1n) is 10.8. The highest BCUT2D eigenvalue weighted by Crippen LogP contribution is 2.43. The predicted octanol–water partition coefficient (Wildman–Crippen LogP) is 6.59. The molecule has 5 heteroatoms. The fraction of sp³-hybridized carbons (Fsp3) is 0.269. The number of hydrogen-bond acceptors (Lipinski definition) is 3. The lowest BCUT2D eigenvalue weighted by molar-refractivity contribution is 0.446. The highest BCUT2D eigenvalue weighted by molar-refractivity contribution is 8.00. The SMILES string of the molecule is C\C=C/C(=C\C=C\CC)Oc1ccc(SC2CC2)cc1-c1cn(C)c(=O)c2[nH]ccc12. The number of allylic oxidation sites excluding steroid dienone is 5. The summed E-state index contributed by atoms with van der Waals surface area (Å²) in [7, 11) is 1.79. The van der Waals surface area contributed by atoms with Gasteiger partial charge in [-0.2, -0.15) is 0 Å². The van der Waals surface area contributed by atoms with Crippen molar-refractivity contribution in [3.05, 3.63) is 83.2 Å². The van der Waals surface area contributed by atoms with E-state index in [9.17, 15) is 4.79 Å². The molecular formula is C26H28N2O2S. The topological polar surface area (TPSA) is 47.0 Å². The number of rotatable bonds is 8. The molecule has 0 saturated heterocycles. The third-order valence-electron chi connectivity index (χ3n) is 5.15. The number of aromatic nitrogens is 2. The van der Waals surface area contributed by atoms with E-state index in [1.807, 2.05) is 67.5 Å². The van der Waals surface area contributed by atoms with Crippen molar-refractivity contribution >= 4 is 22.7 Å². The van der Waals surface area contributed by atoms with Crippen LogP contribution in [0, 0.1) is 0 Å². The maximum atomic E-state index is 12.6. The van der Waals surface area contributed by atoms with Crippen LogP contribution in [-0.4, -0.2) is 14.8 Å². The van der Waals surface area contributed by atoms with E-state index in [1.165, 1.54) is 17.7 Å². The minimum atomic E-state index is -0.0334. The molecule has 0 atom stereocenters. The van der Waals surface area contributed by atoms with Gasteiger partial charge in [0, 0.05) is 46.1 Å². The number of thioether (sulfide) groups is 1. The lowest BCUT2D eigenvalue weighted by Gasteiger charge is -2.15. The number of H-pyrrole nitrogens is 1. The molecule has 4 nitrogen and oxygen atoms in total. The monoisotopic (exact) mass is 432 g/mol. The summed E-state index contributed by atoms with van der Waals surface area (Å²) in [5.74, 6) is 1.54. The first-order chi connectivity index (χ1) is 15.1. The first-order valence-corrected chi connectivity index (χ1v) is 11.6. The zero-order chi connectivity index (χ0) is 21.8. The summed E-state index contributed by atoms with van der Waals surface area (Å²) in [5.41, 5.74) is 2.55. The zero-order valence-electron chi connectivity index (χ0n) is 18.2. The number of pyridine rings is 1. The van der Waals surface area contributed by atoms with E-state index in [4.69, 9.17) is 4.74 Å². The standard InChI is InChI=1S/C26H28N2O2S/c1-4-6-7-9-18(8-5-2)30-24-13-12-20(31-19-10-11-19)16-22(24)23-17-28(3)26(29)25-21(23)14-15-27-25/h5-9,12-17,19,27H,4,10-11H2,1-3H3/b7-6+,8-5-,18-9+. The summed E-state index contributed by atoms with van der Waals surface area (Å²) >= 11 is 1.92. The van der Waals surface area contributed by atoms with Gasteiger partial charge >= 0.3 is 0 Å². The molecule has 2 heterocycles. The Morgan fingerprint density at radius 2 is 2.13 bits per heavy atom. The number of ether oxygens (including phenoxy) is 1. The molecule has 0 radical (unpaired) electrons. The summed E-state index contributed by atoms with van der Waals surface area (Å²) in [5, 5.41) is 1.62. The van der Waals surface area contributed by atoms with E-state index in [-0.39, 0.29) is 5.56 Å². The summed E-state index contributed by atoms with van der Waals surface area (Å²) in [6.07, 6.45) is 17.3. The van der Waals surface area contributed by atoms with Crippen molar-refractivity contribution in [2.45, 2.75) is 43.3 Å². The number of benzene rings is 1. The van der Waals surface area contributed by atoms with Crippen LogP contribution in [0.3, 0.4) is 0 Å². The van der Waals surface area contributed by atoms with Crippen LogP contribution in [0.25, 0.3) is 22.0 Å². The minimum absolute atomic E-state index is 0.0334. The Morgan fingerprint density at radius 1 is 1.29 bits per heavy atom. The number of aromatic amines is 1. The van der Waals surface area contributed by atoms with Gasteiger partial charge in [-0.05, 0) is 62.6 Å². The maximum absolute atomic E-state index is 12.6. The van der Waals surface area contributed by atoms with Gasteiger partial charge in [-0.3, -0.25) is 4.79 Å². The molecule has 1 saturated carbocycles. The molecule has 0 spiro atoms. The Hall–Kier alpha value is -2.92. The van der Waals surface area contributed by atoms with Gasteiger partial charge in [-0.15, -0.1) is 11.8 Å². The van der Waals surface area contributed by atoms with Gasteiger partial charge in [0.15, 0.2) is 0 Å². The normalized spacial score (nSPS) is 14.9. The quantitative estimate of drug-likeness (QED) is 0.322. The summed E-state index contributed by atoms with van der Waals surface area (Å²) in [6, 6.07) is 8.33. The van der Waals surface area contributed by atoms with Gasteiger partial charge in [-0.1, -0.05) is 25.2 Å². The van der Waals surface area contributed by atoms with Crippen molar-refractivity contribution < 1.29 is 4.74 Å². The van der Waals surface area contributed by atoms with Crippen LogP contribution < -0.4 is 10.3 Å². The van der Waals surface area contributed by atoms with Gasteiger partial charge in [0.2, 0.25) is 0 Å². The summed E-state index contributed by atoms with van der Waals surface area (Å²) in [6.45, 7) is 4.09. The molecule has 0 aliphatic heterocycles. The average Bonchev–Trinajstić information content (AvgIpc) is 3.43. The van der Waals surface area contributed by atoms with Crippen molar-refractivity contribution in [3.8, 4) is 16.9 Å². The van der Waals surface area contributed by atoms with Crippen molar-refractivity contribution in [2.24, 2.45) is 7.05 Å². The van der Waals surface area contributed by atoms with Crippen LogP contribution in [0.2, 0.25) is 0 Å². The number of fused-ring (bicyclic) bond motifs is 1. The van der Waals surface area contributed by atoms with Crippen molar-refractivity contribution in [2.75, 3.05) is 0 Å². The van der Waals surface area contributed by atoms with Gasteiger partial charge in [0.1, 0.15) is 17.0 Å². The maximum Gasteiger partial charge on any atom is 0.274 e. The van der Waals surface area contributed by atoms with E-state index < -0.39 is 0 Å². The van der Waals surface area contributed by atoms with Gasteiger partial charge < -0.3 is 14.3 Å². The predicted molar refractivity (Wildman–Crippen MR) is 131 cm³/mol. The van der Waals surface area contributed by atoms with Crippen molar-refractivity contribution in [3.63, 3.8) is 0 Å². The molecule has 1 aromatic carbocycles. The molecule has 0 amide bonds. The van der Waals surface area contributed by atoms with Crippen LogP contribution >= 0.6 is 11.8 Å². The number of nitrogens with zero attached hydrogens (tertiary/aromatic N) is 1. The molecule has 0 bridgehead atoms. The molecule has 1 fully saturated rings. The Kier molecular flexibility index (Phi) is 6.52. The molecule has 31 heavy (non-hydrogen) atoms. The van der Waals surface area contributed by atoms with Crippen molar-refractivity contribution in [1.29, 1.82) is 0 Å². The van der Waals surface area contributed by atoms with Crippen LogP contribution in [0.4, 0.5) is 0 Å². The Bertz CT molecular complexity index is 1230. The smallest absolute Gasteiger partial charge is 0.274 e. The van der Waals surface area contributed by atoms with E-state index in [2.05, 4.69) is 30.1 Å². The van der Waals surface area contributed by atoms with E-state index in [0.29, 0.717) is 10.8 Å². The molecule has 2 aromatic heterocycles. The van der Waals surface area contributed by atoms with Crippen LogP contribution in [-0.2, 0) is 7.05 Å². The number of nitrogens with one attached hydrogen (secondary N) is 1. The van der Waals surface area contributed by atoms with E-state index in [1.54, 1.807) is 11.6 Å². The summed E-state index contributed by atoms with van der Waals surface area (Å²) in [4.78, 5) is 16.9. The second-order valence-corrected chi connectivity index (χ2v) is 9.08. The molecule has 160 valence electrons. The molecular weight excluding hydrogens is 404 g/mol.